The van der Waals surface area contributed by atoms with E-state index in [0.29, 0.717) is 25.8 Å². The van der Waals surface area contributed by atoms with Gasteiger partial charge in [0, 0.05) is 25.0 Å². The molecule has 0 saturated carbocycles. The van der Waals surface area contributed by atoms with Gasteiger partial charge in [-0.3, -0.25) is 14.6 Å². The van der Waals surface area contributed by atoms with Crippen LogP contribution in [0.2, 0.25) is 0 Å². The molecule has 1 aromatic carbocycles. The number of aldehydes is 1. The van der Waals surface area contributed by atoms with Gasteiger partial charge >= 0.3 is 12.1 Å². The molecule has 2 amide bonds. The van der Waals surface area contributed by atoms with E-state index in [1.165, 1.54) is 24.0 Å². The zero-order valence-electron chi connectivity index (χ0n) is 17.8. The van der Waals surface area contributed by atoms with Gasteiger partial charge in [0.05, 0.1) is 0 Å². The van der Waals surface area contributed by atoms with Crippen molar-refractivity contribution in [1.29, 1.82) is 0 Å². The van der Waals surface area contributed by atoms with Gasteiger partial charge in [-0.25, -0.2) is 0 Å². The Morgan fingerprint density at radius 3 is 2.41 bits per heavy atom. The number of guanidine groups is 1. The van der Waals surface area contributed by atoms with Gasteiger partial charge in [-0.05, 0) is 31.2 Å². The average Bonchev–Trinajstić information content (AvgIpc) is 2.72. The molecular formula is C21H28F3N5O3. The second-order valence-electron chi connectivity index (χ2n) is 7.68. The number of hydrogen-bond acceptors (Lipinski definition) is 4. The average molecular weight is 455 g/mol. The molecule has 1 fully saturated rings. The lowest BCUT2D eigenvalue weighted by Gasteiger charge is -2.48. The fourth-order valence-electron chi connectivity index (χ4n) is 3.92. The number of benzene rings is 1. The highest BCUT2D eigenvalue weighted by Gasteiger charge is 2.52. The third-order valence-electron chi connectivity index (χ3n) is 5.73. The number of carbonyl (C=O) groups is 3. The number of rotatable bonds is 10. The minimum absolute atomic E-state index is 0.0656. The summed E-state index contributed by atoms with van der Waals surface area (Å²) in [6.07, 6.45) is -3.07. The van der Waals surface area contributed by atoms with Crippen molar-refractivity contribution in [2.45, 2.75) is 50.4 Å². The van der Waals surface area contributed by atoms with Crippen molar-refractivity contribution in [3.63, 3.8) is 0 Å². The molecule has 0 radical (unpaired) electrons. The van der Waals surface area contributed by atoms with Crippen LogP contribution >= 0.6 is 0 Å². The summed E-state index contributed by atoms with van der Waals surface area (Å²) in [4.78, 5) is 42.3. The van der Waals surface area contributed by atoms with Crippen molar-refractivity contribution in [2.75, 3.05) is 13.1 Å². The molecule has 8 nitrogen and oxygen atoms in total. The van der Waals surface area contributed by atoms with Crippen molar-refractivity contribution in [2.24, 2.45) is 22.4 Å². The van der Waals surface area contributed by atoms with Gasteiger partial charge in [0.25, 0.3) is 5.91 Å². The fourth-order valence-corrected chi connectivity index (χ4v) is 3.92. The molecule has 1 aliphatic heterocycles. The summed E-state index contributed by atoms with van der Waals surface area (Å²) < 4.78 is 39.2. The number of aliphatic imine (C=N–C) groups is 1. The molecule has 1 aromatic rings. The Hall–Kier alpha value is -3.11. The van der Waals surface area contributed by atoms with Crippen LogP contribution in [0.3, 0.4) is 0 Å². The van der Waals surface area contributed by atoms with Crippen molar-refractivity contribution < 1.29 is 27.6 Å². The first-order valence-electron chi connectivity index (χ1n) is 10.3. The molecule has 0 bridgehead atoms. The maximum atomic E-state index is 13.6. The normalized spacial score (nSPS) is 18.6. The number of likely N-dealkylation sites (tertiary alicyclic amines) is 1. The summed E-state index contributed by atoms with van der Waals surface area (Å²) >= 11 is 0. The van der Waals surface area contributed by atoms with E-state index in [2.05, 4.69) is 4.99 Å². The Kier molecular flexibility index (Phi) is 8.23. The second-order valence-corrected chi connectivity index (χ2v) is 7.68. The highest BCUT2D eigenvalue weighted by Crippen LogP contribution is 2.35. The van der Waals surface area contributed by atoms with Gasteiger partial charge < -0.3 is 26.5 Å². The Morgan fingerprint density at radius 1 is 1.28 bits per heavy atom. The predicted octanol–water partition coefficient (Wildman–Crippen LogP) is 1.44. The predicted molar refractivity (Wildman–Crippen MR) is 112 cm³/mol. The van der Waals surface area contributed by atoms with E-state index in [9.17, 15) is 27.6 Å². The van der Waals surface area contributed by atoms with Gasteiger partial charge in [0.15, 0.2) is 5.96 Å². The van der Waals surface area contributed by atoms with Gasteiger partial charge in [0.1, 0.15) is 11.8 Å². The Bertz CT molecular complexity index is 843. The molecule has 176 valence electrons. The summed E-state index contributed by atoms with van der Waals surface area (Å²) in [5.41, 5.74) is 8.90. The van der Waals surface area contributed by atoms with Crippen LogP contribution in [0.5, 0.6) is 0 Å². The summed E-state index contributed by atoms with van der Waals surface area (Å²) in [5, 5.41) is 1.94. The number of carbonyl (C=O) groups excluding carboxylic acids is 3. The lowest BCUT2D eigenvalue weighted by Crippen LogP contribution is -2.65. The van der Waals surface area contributed by atoms with E-state index in [0.717, 1.165) is 6.29 Å². The van der Waals surface area contributed by atoms with Crippen LogP contribution in [0.1, 0.15) is 38.2 Å². The zero-order valence-corrected chi connectivity index (χ0v) is 17.8. The summed E-state index contributed by atoms with van der Waals surface area (Å²) in [6, 6.07) is 7.34. The topological polar surface area (TPSA) is 131 Å². The van der Waals surface area contributed by atoms with Crippen LogP contribution in [0, 0.1) is 5.92 Å². The molecule has 1 heterocycles. The molecule has 0 spiro atoms. The Morgan fingerprint density at radius 2 is 1.94 bits per heavy atom. The summed E-state index contributed by atoms with van der Waals surface area (Å²) in [7, 11) is 0. The van der Waals surface area contributed by atoms with E-state index in [1.54, 1.807) is 18.2 Å². The third-order valence-corrected chi connectivity index (χ3v) is 5.73. The maximum absolute atomic E-state index is 13.6. The molecule has 11 heteroatoms. The molecule has 5 N–H and O–H groups in total. The van der Waals surface area contributed by atoms with Gasteiger partial charge in [-0.2, -0.15) is 13.2 Å². The molecular weight excluding hydrogens is 427 g/mol. The fraction of sp³-hybridized carbons (Fsp3) is 0.524. The lowest BCUT2D eigenvalue weighted by atomic mass is 9.80. The molecule has 3 atom stereocenters. The van der Waals surface area contributed by atoms with Gasteiger partial charge in [-0.1, -0.05) is 37.3 Å². The number of nitrogens with two attached hydrogens (primary N) is 2. The number of halogens is 3. The number of nitrogens with one attached hydrogen (secondary N) is 1. The van der Waals surface area contributed by atoms with Crippen molar-refractivity contribution in [3.05, 3.63) is 35.9 Å². The van der Waals surface area contributed by atoms with E-state index in [4.69, 9.17) is 11.5 Å². The highest BCUT2D eigenvalue weighted by atomic mass is 19.4. The van der Waals surface area contributed by atoms with Crippen molar-refractivity contribution in [1.82, 2.24) is 10.2 Å². The van der Waals surface area contributed by atoms with E-state index in [1.807, 2.05) is 5.32 Å². The van der Waals surface area contributed by atoms with E-state index >= 15 is 0 Å². The van der Waals surface area contributed by atoms with Crippen LogP contribution < -0.4 is 16.8 Å². The molecule has 1 saturated heterocycles. The number of nitrogens with zero attached hydrogens (tertiary/aromatic N) is 2. The number of hydrogen-bond donors (Lipinski definition) is 3. The van der Waals surface area contributed by atoms with Crippen LogP contribution in [-0.2, 0) is 19.9 Å². The Labute approximate surface area is 184 Å². The summed E-state index contributed by atoms with van der Waals surface area (Å²) in [6.45, 7) is 2.12. The SMILES string of the molecule is CC[C@](NC(=O)C(F)(F)F)(C(=O)N1CC[C@H]1[C@@H](C=O)CCCN=C(N)N)c1ccccc1. The molecule has 32 heavy (non-hydrogen) atoms. The van der Waals surface area contributed by atoms with Crippen LogP contribution in [0.15, 0.2) is 35.3 Å². The first kappa shape index (κ1) is 25.2. The third kappa shape index (κ3) is 5.57. The zero-order chi connectivity index (χ0) is 23.9. The van der Waals surface area contributed by atoms with Crippen LogP contribution in [0.25, 0.3) is 0 Å². The minimum Gasteiger partial charge on any atom is -0.370 e. The van der Waals surface area contributed by atoms with Crippen LogP contribution in [0.4, 0.5) is 13.2 Å². The minimum atomic E-state index is -5.15. The number of amides is 2. The Balaban J connectivity index is 2.29. The lowest BCUT2D eigenvalue weighted by molar-refractivity contribution is -0.178. The van der Waals surface area contributed by atoms with Crippen molar-refractivity contribution in [3.8, 4) is 0 Å². The highest BCUT2D eigenvalue weighted by molar-refractivity contribution is 5.94. The molecule has 0 aliphatic carbocycles. The number of alkyl halides is 3. The smallest absolute Gasteiger partial charge is 0.370 e. The first-order chi connectivity index (χ1) is 15.1. The molecule has 0 aromatic heterocycles. The first-order valence-corrected chi connectivity index (χ1v) is 10.3. The van der Waals surface area contributed by atoms with Gasteiger partial charge in [0.2, 0.25) is 0 Å². The maximum Gasteiger partial charge on any atom is 0.471 e. The largest absolute Gasteiger partial charge is 0.471 e. The molecule has 2 rings (SSSR count). The van der Waals surface area contributed by atoms with E-state index < -0.39 is 35.5 Å². The van der Waals surface area contributed by atoms with Crippen LogP contribution in [-0.4, -0.2) is 54.3 Å². The van der Waals surface area contributed by atoms with Gasteiger partial charge in [-0.15, -0.1) is 0 Å². The van der Waals surface area contributed by atoms with Crippen molar-refractivity contribution >= 4 is 24.1 Å². The van der Waals surface area contributed by atoms with E-state index in [-0.39, 0.29) is 24.5 Å². The summed E-state index contributed by atoms with van der Waals surface area (Å²) in [5.74, 6) is -3.46. The second kappa shape index (κ2) is 10.5. The molecule has 1 aliphatic rings. The quantitative estimate of drug-likeness (QED) is 0.213. The standard InChI is InChI=1S/C21H28F3N5O3/c1-2-20(15-8-4-3-5-9-15,28-17(31)21(22,23)24)18(32)29-12-10-16(29)14(13-30)7-6-11-27-19(25)26/h3-5,8-9,13-14,16H,2,6-7,10-12H2,1H3,(H,28,31)(H4,25,26,27)/t14-,16+,20-/m1/s1. The monoisotopic (exact) mass is 455 g/mol. The molecule has 0 unspecified atom stereocenters.